The van der Waals surface area contributed by atoms with Gasteiger partial charge in [-0.1, -0.05) is 54.6 Å². The van der Waals surface area contributed by atoms with Crippen molar-refractivity contribution < 1.29 is 27.8 Å². The van der Waals surface area contributed by atoms with Crippen LogP contribution in [0.4, 0.5) is 25.0 Å². The normalized spacial score (nSPS) is 10.7. The van der Waals surface area contributed by atoms with Gasteiger partial charge in [-0.05, 0) is 58.5 Å². The Kier molecular flexibility index (Phi) is 7.63. The molecule has 0 N–H and O–H groups in total. The maximum absolute atomic E-state index is 14.3. The zero-order valence-corrected chi connectivity index (χ0v) is 21.5. The van der Waals surface area contributed by atoms with E-state index in [9.17, 15) is 23.2 Å². The summed E-state index contributed by atoms with van der Waals surface area (Å²) in [7, 11) is 1.38. The molecule has 41 heavy (non-hydrogen) atoms. The number of tetrazole rings is 1. The number of ether oxygens (including phenoxy) is 2. The molecule has 5 rings (SSSR count). The second-order valence-corrected chi connectivity index (χ2v) is 8.56. The molecule has 1 amide bonds. The lowest BCUT2D eigenvalue weighted by Crippen LogP contribution is -2.39. The second kappa shape index (κ2) is 11.6. The molecule has 0 radical (unpaired) electrons. The summed E-state index contributed by atoms with van der Waals surface area (Å²) in [6.07, 6.45) is 0. The molecule has 0 unspecified atom stereocenters. The van der Waals surface area contributed by atoms with E-state index in [1.807, 2.05) is 18.2 Å². The first-order valence-corrected chi connectivity index (χ1v) is 12.2. The van der Waals surface area contributed by atoms with Crippen LogP contribution in [0.2, 0.25) is 0 Å². The lowest BCUT2D eigenvalue weighted by Gasteiger charge is -2.23. The Bertz CT molecular complexity index is 1750. The van der Waals surface area contributed by atoms with Gasteiger partial charge in [0.25, 0.3) is 0 Å². The zero-order valence-electron chi connectivity index (χ0n) is 21.5. The van der Waals surface area contributed by atoms with Crippen molar-refractivity contribution in [2.24, 2.45) is 0 Å². The molecule has 5 aromatic rings. The van der Waals surface area contributed by atoms with Crippen LogP contribution in [0, 0.1) is 11.6 Å². The molecule has 0 saturated carbocycles. The van der Waals surface area contributed by atoms with E-state index >= 15 is 0 Å². The Morgan fingerprint density at radius 2 is 1.49 bits per heavy atom. The van der Waals surface area contributed by atoms with Crippen molar-refractivity contribution in [2.75, 3.05) is 12.0 Å². The van der Waals surface area contributed by atoms with E-state index in [4.69, 9.17) is 9.47 Å². The molecule has 1 heterocycles. The maximum Gasteiger partial charge on any atom is 0.377 e. The van der Waals surface area contributed by atoms with Gasteiger partial charge in [0.05, 0.1) is 18.5 Å². The third-order valence-corrected chi connectivity index (χ3v) is 5.99. The molecule has 0 atom stereocenters. The first-order valence-electron chi connectivity index (χ1n) is 12.2. The second-order valence-electron chi connectivity index (χ2n) is 8.56. The molecule has 0 aliphatic heterocycles. The molecule has 206 valence electrons. The number of esters is 1. The largest absolute Gasteiger partial charge is 0.496 e. The number of anilines is 2. The van der Waals surface area contributed by atoms with Gasteiger partial charge in [0.15, 0.2) is 11.6 Å². The van der Waals surface area contributed by atoms with Gasteiger partial charge < -0.3 is 9.47 Å². The first-order chi connectivity index (χ1) is 19.9. The van der Waals surface area contributed by atoms with Crippen molar-refractivity contribution >= 4 is 23.4 Å². The predicted molar refractivity (Wildman–Crippen MR) is 143 cm³/mol. The standard InChI is InChI=1S/C29H21F2N5O5/c1-40-25-16-15-21(17-22(25)27(37)41-18-19-9-4-2-5-10-19)34(20-11-6-3-7-12-20)28(38)36-29(39)35(32-33-36)26-23(30)13-8-14-24(26)31/h2-17H,18H2,1H3. The van der Waals surface area contributed by atoms with Crippen molar-refractivity contribution in [1.29, 1.82) is 0 Å². The predicted octanol–water partition coefficient (Wildman–Crippen LogP) is 4.88. The van der Waals surface area contributed by atoms with E-state index in [0.29, 0.717) is 15.1 Å². The minimum Gasteiger partial charge on any atom is -0.496 e. The molecule has 0 bridgehead atoms. The van der Waals surface area contributed by atoms with E-state index in [1.54, 1.807) is 42.5 Å². The fraction of sp³-hybridized carbons (Fsp3) is 0.0690. The number of methoxy groups -OCH3 is 1. The number of carbonyl (C=O) groups is 2. The van der Waals surface area contributed by atoms with Crippen molar-refractivity contribution in [2.45, 2.75) is 6.61 Å². The Hall–Kier alpha value is -5.65. The van der Waals surface area contributed by atoms with Gasteiger partial charge in [-0.2, -0.15) is 4.68 Å². The van der Waals surface area contributed by atoms with Crippen LogP contribution in [0.15, 0.2) is 102 Å². The van der Waals surface area contributed by atoms with Crippen LogP contribution in [-0.2, 0) is 11.3 Å². The molecule has 12 heteroatoms. The van der Waals surface area contributed by atoms with Crippen molar-refractivity contribution in [3.8, 4) is 11.4 Å². The molecule has 0 aliphatic carbocycles. The Labute approximate surface area is 231 Å². The maximum atomic E-state index is 14.3. The molecule has 4 aromatic carbocycles. The fourth-order valence-electron chi connectivity index (χ4n) is 4.04. The van der Waals surface area contributed by atoms with Gasteiger partial charge in [0.2, 0.25) is 0 Å². The minimum absolute atomic E-state index is 0.000507. The highest BCUT2D eigenvalue weighted by atomic mass is 19.1. The molecular weight excluding hydrogens is 536 g/mol. The third-order valence-electron chi connectivity index (χ3n) is 5.99. The smallest absolute Gasteiger partial charge is 0.377 e. The minimum atomic E-state index is -1.21. The molecule has 1 aromatic heterocycles. The third kappa shape index (κ3) is 5.43. The number of halogens is 2. The summed E-state index contributed by atoms with van der Waals surface area (Å²) < 4.78 is 40.2. The van der Waals surface area contributed by atoms with Gasteiger partial charge in [-0.3, -0.25) is 4.90 Å². The average Bonchev–Trinajstić information content (AvgIpc) is 3.37. The number of hydrogen-bond donors (Lipinski definition) is 0. The number of amides is 1. The quantitative estimate of drug-likeness (QED) is 0.207. The summed E-state index contributed by atoms with van der Waals surface area (Å²) in [5.41, 5.74) is -0.770. The Morgan fingerprint density at radius 1 is 0.829 bits per heavy atom. The van der Waals surface area contributed by atoms with Crippen LogP contribution in [0.3, 0.4) is 0 Å². The molecular formula is C29H21F2N5O5. The van der Waals surface area contributed by atoms with Gasteiger partial charge in [-0.15, -0.1) is 4.68 Å². The van der Waals surface area contributed by atoms with E-state index in [0.717, 1.165) is 28.7 Å². The highest BCUT2D eigenvalue weighted by Crippen LogP contribution is 2.31. The number of para-hydroxylation sites is 2. The average molecular weight is 558 g/mol. The molecule has 10 nitrogen and oxygen atoms in total. The topological polar surface area (TPSA) is 109 Å². The highest BCUT2D eigenvalue weighted by molar-refractivity contribution is 6.02. The van der Waals surface area contributed by atoms with Crippen molar-refractivity contribution in [3.63, 3.8) is 0 Å². The number of aromatic nitrogens is 4. The number of rotatable bonds is 7. The van der Waals surface area contributed by atoms with Crippen molar-refractivity contribution in [3.05, 3.63) is 130 Å². The zero-order chi connectivity index (χ0) is 28.9. The number of benzene rings is 4. The monoisotopic (exact) mass is 557 g/mol. The van der Waals surface area contributed by atoms with Crippen LogP contribution in [0.25, 0.3) is 5.69 Å². The molecule has 0 aliphatic rings. The Balaban J connectivity index is 1.55. The van der Waals surface area contributed by atoms with Gasteiger partial charge in [0.1, 0.15) is 23.6 Å². The van der Waals surface area contributed by atoms with Gasteiger partial charge >= 0.3 is 17.7 Å². The lowest BCUT2D eigenvalue weighted by molar-refractivity contribution is 0.0469. The summed E-state index contributed by atoms with van der Waals surface area (Å²) in [4.78, 5) is 41.0. The van der Waals surface area contributed by atoms with Crippen LogP contribution >= 0.6 is 0 Å². The van der Waals surface area contributed by atoms with Gasteiger partial charge in [-0.25, -0.2) is 23.2 Å². The first kappa shape index (κ1) is 26.9. The van der Waals surface area contributed by atoms with Crippen LogP contribution < -0.4 is 15.3 Å². The fourth-order valence-corrected chi connectivity index (χ4v) is 4.04. The summed E-state index contributed by atoms with van der Waals surface area (Å²) in [5.74, 6) is -2.67. The number of hydrogen-bond acceptors (Lipinski definition) is 7. The molecule has 0 fully saturated rings. The molecule has 0 saturated heterocycles. The summed E-state index contributed by atoms with van der Waals surface area (Å²) in [6, 6.07) is 23.6. The van der Waals surface area contributed by atoms with Crippen LogP contribution in [0.1, 0.15) is 15.9 Å². The summed E-state index contributed by atoms with van der Waals surface area (Å²) in [6.45, 7) is -0.000507. The van der Waals surface area contributed by atoms with Crippen molar-refractivity contribution in [1.82, 2.24) is 19.8 Å². The van der Waals surface area contributed by atoms with E-state index < -0.39 is 35.0 Å². The SMILES string of the molecule is COc1ccc(N(C(=O)n2nnn(-c3c(F)cccc3F)c2=O)c2ccccc2)cc1C(=O)OCc1ccccc1. The highest BCUT2D eigenvalue weighted by Gasteiger charge is 2.28. The van der Waals surface area contributed by atoms with Gasteiger partial charge in [0, 0.05) is 0 Å². The van der Waals surface area contributed by atoms with Crippen LogP contribution in [-0.4, -0.2) is 38.9 Å². The number of nitrogens with zero attached hydrogens (tertiary/aromatic N) is 5. The number of carbonyl (C=O) groups excluding carboxylic acids is 2. The van der Waals surface area contributed by atoms with E-state index in [2.05, 4.69) is 10.4 Å². The Morgan fingerprint density at radius 3 is 2.15 bits per heavy atom. The van der Waals surface area contributed by atoms with E-state index in [-0.39, 0.29) is 23.6 Å². The van der Waals surface area contributed by atoms with E-state index in [1.165, 1.54) is 25.3 Å². The summed E-state index contributed by atoms with van der Waals surface area (Å²) in [5, 5.41) is 7.10. The lowest BCUT2D eigenvalue weighted by atomic mass is 10.1. The molecule has 0 spiro atoms. The van der Waals surface area contributed by atoms with Crippen LogP contribution in [0.5, 0.6) is 5.75 Å². The summed E-state index contributed by atoms with van der Waals surface area (Å²) >= 11 is 0.